The second kappa shape index (κ2) is 16.6. The zero-order valence-electron chi connectivity index (χ0n) is 38.9. The van der Waals surface area contributed by atoms with E-state index < -0.39 is 0 Å². The molecule has 0 aliphatic heterocycles. The molecule has 6 aromatic carbocycles. The maximum absolute atomic E-state index is 6.68. The van der Waals surface area contributed by atoms with E-state index >= 15 is 0 Å². The molecule has 0 aliphatic carbocycles. The van der Waals surface area contributed by atoms with Crippen LogP contribution in [-0.2, 0) is 31.9 Å². The van der Waals surface area contributed by atoms with Gasteiger partial charge in [0.2, 0.25) is 0 Å². The number of hydrogen-bond donors (Lipinski definition) is 0. The van der Waals surface area contributed by atoms with Gasteiger partial charge in [-0.15, -0.1) is 35.7 Å². The monoisotopic (exact) mass is 1030 g/mol. The molecule has 4 heterocycles. The molecule has 0 unspecified atom stereocenters. The third-order valence-corrected chi connectivity index (χ3v) is 12.5. The molecule has 6 nitrogen and oxygen atoms in total. The number of hydrogen-bond acceptors (Lipinski definition) is 3. The molecule has 0 amide bonds. The largest absolute Gasteiger partial charge is 2.00 e. The summed E-state index contributed by atoms with van der Waals surface area (Å²) in [6.07, 6.45) is 1.94. The van der Waals surface area contributed by atoms with Gasteiger partial charge in [-0.3, -0.25) is 4.68 Å². The minimum Gasteiger partial charge on any atom is -0.509 e. The topological polar surface area (TPSA) is 49.8 Å². The molecule has 7 heteroatoms. The van der Waals surface area contributed by atoms with E-state index in [1.807, 2.05) is 24.4 Å². The standard InChI is InChI=1S/C58H55N5O.Pt/c1-36(2)53-52(38-19-12-11-13-20-38)54(37(3)4)63(60-53)40-21-16-22-41(33-40)64-42-29-30-44-43-23-14-15-28-49(43)62(50(44)35-42)51-34-39(31-32-59-51)61-55-45(24-17-26-47(55)57(5,6)7)46-25-18-27-48(56(46)61)58(8,9)10;/h11-32,34,36-37H,1-10H3;/q-2;+2. The van der Waals surface area contributed by atoms with Gasteiger partial charge in [0.05, 0.1) is 28.1 Å². The van der Waals surface area contributed by atoms with Crippen LogP contribution in [0.2, 0.25) is 0 Å². The van der Waals surface area contributed by atoms with E-state index in [1.54, 1.807) is 0 Å². The molecule has 0 atom stereocenters. The Hall–Kier alpha value is -6.23. The smallest absolute Gasteiger partial charge is 0.509 e. The first-order valence-corrected chi connectivity index (χ1v) is 22.6. The van der Waals surface area contributed by atoms with Crippen LogP contribution in [0.3, 0.4) is 0 Å². The van der Waals surface area contributed by atoms with Gasteiger partial charge in [-0.2, -0.15) is 17.2 Å². The van der Waals surface area contributed by atoms with Crippen molar-refractivity contribution in [2.24, 2.45) is 0 Å². The fraction of sp³-hybridized carbons (Fsp3) is 0.241. The predicted molar refractivity (Wildman–Crippen MR) is 265 cm³/mol. The molecule has 0 spiro atoms. The second-order valence-electron chi connectivity index (χ2n) is 19.8. The minimum absolute atomic E-state index is 0. The molecule has 4 aromatic heterocycles. The van der Waals surface area contributed by atoms with Crippen LogP contribution in [0, 0.1) is 12.1 Å². The Balaban J connectivity index is 0.00000533. The van der Waals surface area contributed by atoms with E-state index in [1.165, 1.54) is 44.1 Å². The Morgan fingerprint density at radius 1 is 0.569 bits per heavy atom. The Morgan fingerprint density at radius 2 is 1.18 bits per heavy atom. The van der Waals surface area contributed by atoms with Gasteiger partial charge in [-0.1, -0.05) is 160 Å². The molecule has 10 rings (SSSR count). The van der Waals surface area contributed by atoms with Gasteiger partial charge < -0.3 is 13.9 Å². The van der Waals surface area contributed by atoms with Gasteiger partial charge in [-0.05, 0) is 62.6 Å². The summed E-state index contributed by atoms with van der Waals surface area (Å²) in [7, 11) is 0. The summed E-state index contributed by atoms with van der Waals surface area (Å²) in [6.45, 7) is 22.7. The normalized spacial score (nSPS) is 12.3. The quantitative estimate of drug-likeness (QED) is 0.143. The van der Waals surface area contributed by atoms with Crippen molar-refractivity contribution >= 4 is 43.6 Å². The molecule has 0 N–H and O–H groups in total. The van der Waals surface area contributed by atoms with Crippen molar-refractivity contribution < 1.29 is 25.8 Å². The Bertz CT molecular complexity index is 3320. The molecule has 0 bridgehead atoms. The van der Waals surface area contributed by atoms with E-state index in [-0.39, 0.29) is 43.7 Å². The molecular weight excluding hydrogens is 978 g/mol. The number of aromatic nitrogens is 5. The van der Waals surface area contributed by atoms with Crippen molar-refractivity contribution in [3.8, 4) is 39.8 Å². The van der Waals surface area contributed by atoms with E-state index in [0.717, 1.165) is 50.4 Å². The average Bonchev–Trinajstić information content (AvgIpc) is 3.95. The van der Waals surface area contributed by atoms with Crippen LogP contribution < -0.4 is 4.74 Å². The van der Waals surface area contributed by atoms with Crippen molar-refractivity contribution in [3.05, 3.63) is 174 Å². The number of benzene rings is 6. The molecule has 10 aromatic rings. The first kappa shape index (κ1) is 44.0. The first-order chi connectivity index (χ1) is 30.7. The Kier molecular flexibility index (Phi) is 11.3. The number of rotatable bonds is 8. The molecular formula is C58H55N5OPt. The molecule has 0 saturated heterocycles. The van der Waals surface area contributed by atoms with E-state index in [4.69, 9.17) is 14.8 Å². The number of pyridine rings is 1. The maximum Gasteiger partial charge on any atom is 2.00 e. The number of fused-ring (bicyclic) bond motifs is 6. The van der Waals surface area contributed by atoms with Crippen molar-refractivity contribution in [3.63, 3.8) is 0 Å². The van der Waals surface area contributed by atoms with Crippen LogP contribution in [0.4, 0.5) is 0 Å². The van der Waals surface area contributed by atoms with Gasteiger partial charge in [-0.25, -0.2) is 4.98 Å². The van der Waals surface area contributed by atoms with Crippen LogP contribution in [0.1, 0.15) is 104 Å². The predicted octanol–water partition coefficient (Wildman–Crippen LogP) is 15.4. The molecule has 0 saturated carbocycles. The van der Waals surface area contributed by atoms with Gasteiger partial charge in [0.15, 0.2) is 0 Å². The van der Waals surface area contributed by atoms with E-state index in [2.05, 4.69) is 210 Å². The minimum atomic E-state index is -0.0875. The van der Waals surface area contributed by atoms with Gasteiger partial charge in [0.1, 0.15) is 5.82 Å². The zero-order chi connectivity index (χ0) is 44.7. The summed E-state index contributed by atoms with van der Waals surface area (Å²) in [5.74, 6) is 2.43. The van der Waals surface area contributed by atoms with Gasteiger partial charge >= 0.3 is 21.1 Å². The van der Waals surface area contributed by atoms with Crippen LogP contribution >= 0.6 is 0 Å². The van der Waals surface area contributed by atoms with Crippen molar-refractivity contribution in [1.29, 1.82) is 0 Å². The first-order valence-electron chi connectivity index (χ1n) is 22.6. The van der Waals surface area contributed by atoms with Gasteiger partial charge in [0, 0.05) is 45.6 Å². The number of para-hydroxylation sites is 3. The number of nitrogens with zero attached hydrogens (tertiary/aromatic N) is 5. The summed E-state index contributed by atoms with van der Waals surface area (Å²) in [5.41, 5.74) is 13.3. The van der Waals surface area contributed by atoms with Crippen molar-refractivity contribution in [2.75, 3.05) is 0 Å². The molecule has 0 radical (unpaired) electrons. The van der Waals surface area contributed by atoms with E-state index in [0.29, 0.717) is 11.5 Å². The van der Waals surface area contributed by atoms with Crippen molar-refractivity contribution in [2.45, 2.75) is 91.9 Å². The molecule has 65 heavy (non-hydrogen) atoms. The summed E-state index contributed by atoms with van der Waals surface area (Å²) >= 11 is 0. The zero-order valence-corrected chi connectivity index (χ0v) is 41.2. The van der Waals surface area contributed by atoms with Crippen molar-refractivity contribution in [1.82, 2.24) is 23.9 Å². The van der Waals surface area contributed by atoms with Gasteiger partial charge in [0.25, 0.3) is 0 Å². The SMILES string of the molecule is CC(C)c1nn(-c2[c-]c(Oc3[c-]c4c(cc3)c3ccccc3n4-c3cc(-n4c5c(C(C)(C)C)cccc5c5cccc(C(C)(C)C)c54)ccn3)ccc2)c(C(C)C)c1-c1ccccc1.[Pt+2]. The van der Waals surface area contributed by atoms with Crippen LogP contribution in [0.5, 0.6) is 11.5 Å². The van der Waals surface area contributed by atoms with Crippen LogP contribution in [0.25, 0.3) is 71.9 Å². The summed E-state index contributed by atoms with van der Waals surface area (Å²) in [5, 5.41) is 9.94. The van der Waals surface area contributed by atoms with Crippen LogP contribution in [0.15, 0.2) is 140 Å². The summed E-state index contributed by atoms with van der Waals surface area (Å²) in [4.78, 5) is 5.09. The molecule has 0 fully saturated rings. The summed E-state index contributed by atoms with van der Waals surface area (Å²) < 4.78 is 13.5. The molecule has 0 aliphatic rings. The number of ether oxygens (including phenoxy) is 1. The second-order valence-corrected chi connectivity index (χ2v) is 19.8. The Morgan fingerprint density at radius 3 is 1.83 bits per heavy atom. The third kappa shape index (κ3) is 7.60. The maximum atomic E-state index is 6.68. The fourth-order valence-electron chi connectivity index (χ4n) is 9.63. The fourth-order valence-corrected chi connectivity index (χ4v) is 9.63. The van der Waals surface area contributed by atoms with Crippen LogP contribution in [-0.4, -0.2) is 23.9 Å². The Labute approximate surface area is 397 Å². The van der Waals surface area contributed by atoms with E-state index in [9.17, 15) is 0 Å². The molecule has 328 valence electrons. The average molecular weight is 1030 g/mol. The third-order valence-electron chi connectivity index (χ3n) is 12.5. The summed E-state index contributed by atoms with van der Waals surface area (Å²) in [6, 6.07) is 54.5.